The van der Waals surface area contributed by atoms with Gasteiger partial charge in [0.25, 0.3) is 10.2 Å². The van der Waals surface area contributed by atoms with Crippen molar-refractivity contribution in [1.29, 1.82) is 0 Å². The van der Waals surface area contributed by atoms with Crippen molar-refractivity contribution in [3.05, 3.63) is 0 Å². The second kappa shape index (κ2) is 7.47. The van der Waals surface area contributed by atoms with Crippen molar-refractivity contribution in [2.75, 3.05) is 25.1 Å². The first kappa shape index (κ1) is 16.7. The molecular weight excluding hydrogens is 288 g/mol. The molecule has 2 N–H and O–H groups in total. The molecule has 0 bridgehead atoms. The molecule has 1 aliphatic heterocycles. The first-order valence-electron chi connectivity index (χ1n) is 6.36. The molecule has 19 heavy (non-hydrogen) atoms. The fraction of sp³-hybridized carbons (Fsp3) is 0.909. The number of hydrogen-bond donors (Lipinski definition) is 2. The van der Waals surface area contributed by atoms with Crippen LogP contribution in [0.3, 0.4) is 0 Å². The minimum absolute atomic E-state index is 0.292. The maximum Gasteiger partial charge on any atom is 0.321 e. The summed E-state index contributed by atoms with van der Waals surface area (Å²) in [6.07, 6.45) is 3.80. The van der Waals surface area contributed by atoms with Crippen LogP contribution in [-0.2, 0) is 15.0 Å². The van der Waals surface area contributed by atoms with Crippen molar-refractivity contribution >= 4 is 27.9 Å². The van der Waals surface area contributed by atoms with Crippen molar-refractivity contribution in [1.82, 2.24) is 9.03 Å². The zero-order chi connectivity index (χ0) is 14.5. The summed E-state index contributed by atoms with van der Waals surface area (Å²) < 4.78 is 27.9. The monoisotopic (exact) mass is 310 g/mol. The third kappa shape index (κ3) is 5.29. The van der Waals surface area contributed by atoms with Gasteiger partial charge >= 0.3 is 5.97 Å². The average molecular weight is 310 g/mol. The molecule has 1 aliphatic rings. The number of carboxylic acid groups (broad SMARTS) is 1. The van der Waals surface area contributed by atoms with Gasteiger partial charge in [-0.3, -0.25) is 4.79 Å². The van der Waals surface area contributed by atoms with Crippen LogP contribution in [0.4, 0.5) is 0 Å². The molecular formula is C11H22N2O4S2. The number of carboxylic acids is 1. The highest BCUT2D eigenvalue weighted by Gasteiger charge is 2.30. The summed E-state index contributed by atoms with van der Waals surface area (Å²) in [6.45, 7) is 3.02. The Hall–Kier alpha value is -0.310. The first-order valence-corrected chi connectivity index (χ1v) is 9.19. The zero-order valence-electron chi connectivity index (χ0n) is 11.3. The van der Waals surface area contributed by atoms with E-state index in [0.29, 0.717) is 31.2 Å². The van der Waals surface area contributed by atoms with E-state index < -0.39 is 22.2 Å². The van der Waals surface area contributed by atoms with Gasteiger partial charge in [0, 0.05) is 13.1 Å². The van der Waals surface area contributed by atoms with Gasteiger partial charge < -0.3 is 5.11 Å². The molecule has 0 spiro atoms. The van der Waals surface area contributed by atoms with Crippen LogP contribution in [0.15, 0.2) is 0 Å². The maximum absolute atomic E-state index is 12.1. The van der Waals surface area contributed by atoms with Crippen molar-refractivity contribution in [3.63, 3.8) is 0 Å². The molecule has 8 heteroatoms. The molecule has 1 saturated heterocycles. The van der Waals surface area contributed by atoms with Crippen molar-refractivity contribution in [2.24, 2.45) is 5.92 Å². The smallest absolute Gasteiger partial charge is 0.321 e. The summed E-state index contributed by atoms with van der Waals surface area (Å²) in [5.74, 6) is 0.0116. The molecule has 1 fully saturated rings. The van der Waals surface area contributed by atoms with Gasteiger partial charge in [-0.05, 0) is 37.2 Å². The molecule has 1 rings (SSSR count). The van der Waals surface area contributed by atoms with E-state index in [2.05, 4.69) is 11.6 Å². The van der Waals surface area contributed by atoms with Gasteiger partial charge in [-0.1, -0.05) is 6.92 Å². The summed E-state index contributed by atoms with van der Waals surface area (Å²) in [7, 11) is -3.69. The number of rotatable bonds is 7. The molecule has 0 aliphatic carbocycles. The quantitative estimate of drug-likeness (QED) is 0.725. The highest BCUT2D eigenvalue weighted by molar-refractivity contribution is 7.98. The van der Waals surface area contributed by atoms with E-state index in [1.165, 1.54) is 16.1 Å². The number of aliphatic carboxylic acids is 1. The number of piperidine rings is 1. The molecule has 112 valence electrons. The minimum Gasteiger partial charge on any atom is -0.480 e. The molecule has 0 aromatic carbocycles. The van der Waals surface area contributed by atoms with Crippen LogP contribution in [0, 0.1) is 5.92 Å². The van der Waals surface area contributed by atoms with E-state index in [4.69, 9.17) is 5.11 Å². The van der Waals surface area contributed by atoms with E-state index in [1.807, 2.05) is 6.26 Å². The lowest BCUT2D eigenvalue weighted by atomic mass is 10.0. The van der Waals surface area contributed by atoms with Gasteiger partial charge in [-0.2, -0.15) is 29.2 Å². The van der Waals surface area contributed by atoms with E-state index in [1.54, 1.807) is 0 Å². The molecule has 0 aromatic rings. The van der Waals surface area contributed by atoms with Crippen LogP contribution in [0.25, 0.3) is 0 Å². The molecule has 0 unspecified atom stereocenters. The summed E-state index contributed by atoms with van der Waals surface area (Å²) in [6, 6.07) is -1.04. The highest BCUT2D eigenvalue weighted by Crippen LogP contribution is 2.18. The minimum atomic E-state index is -3.69. The highest BCUT2D eigenvalue weighted by atomic mass is 32.2. The first-order chi connectivity index (χ1) is 8.86. The van der Waals surface area contributed by atoms with Crippen LogP contribution in [0.2, 0.25) is 0 Å². The SMILES string of the molecule is CSCC[C@@H](NS(=O)(=O)N1CCC(C)CC1)C(=O)O. The summed E-state index contributed by atoms with van der Waals surface area (Å²) in [5.41, 5.74) is 0. The second-order valence-electron chi connectivity index (χ2n) is 4.88. The van der Waals surface area contributed by atoms with Crippen LogP contribution in [0.5, 0.6) is 0 Å². The van der Waals surface area contributed by atoms with E-state index in [0.717, 1.165) is 12.8 Å². The fourth-order valence-electron chi connectivity index (χ4n) is 1.95. The van der Waals surface area contributed by atoms with Crippen LogP contribution in [-0.4, -0.2) is 54.9 Å². The number of nitrogens with one attached hydrogen (secondary N) is 1. The molecule has 1 heterocycles. The Bertz CT molecular complexity index is 391. The third-order valence-electron chi connectivity index (χ3n) is 3.28. The van der Waals surface area contributed by atoms with Gasteiger partial charge in [-0.25, -0.2) is 0 Å². The number of nitrogens with zero attached hydrogens (tertiary/aromatic N) is 1. The Labute approximate surface area is 119 Å². The molecule has 0 amide bonds. The maximum atomic E-state index is 12.1. The van der Waals surface area contributed by atoms with E-state index in [-0.39, 0.29) is 0 Å². The number of carbonyl (C=O) groups is 1. The number of thioether (sulfide) groups is 1. The Kier molecular flexibility index (Phi) is 6.58. The second-order valence-corrected chi connectivity index (χ2v) is 7.56. The Morgan fingerprint density at radius 3 is 2.53 bits per heavy atom. The fourth-order valence-corrected chi connectivity index (χ4v) is 3.84. The average Bonchev–Trinajstić information content (AvgIpc) is 2.34. The number of hydrogen-bond acceptors (Lipinski definition) is 4. The van der Waals surface area contributed by atoms with Gasteiger partial charge in [0.2, 0.25) is 0 Å². The molecule has 0 aromatic heterocycles. The Morgan fingerprint density at radius 1 is 1.47 bits per heavy atom. The predicted octanol–water partition coefficient (Wildman–Crippen LogP) is 0.759. The normalized spacial score (nSPS) is 20.3. The lowest BCUT2D eigenvalue weighted by Gasteiger charge is -2.30. The standard InChI is InChI=1S/C11H22N2O4S2/c1-9-3-6-13(7-4-9)19(16,17)12-10(11(14)15)5-8-18-2/h9-10,12H,3-8H2,1-2H3,(H,14,15)/t10-/m1/s1. The summed E-state index contributed by atoms with van der Waals surface area (Å²) in [4.78, 5) is 11.1. The van der Waals surface area contributed by atoms with Gasteiger partial charge in [0.15, 0.2) is 0 Å². The Balaban J connectivity index is 2.63. The topological polar surface area (TPSA) is 86.7 Å². The summed E-state index contributed by atoms with van der Waals surface area (Å²) >= 11 is 1.50. The molecule has 0 radical (unpaired) electrons. The lowest BCUT2D eigenvalue weighted by molar-refractivity contribution is -0.139. The van der Waals surface area contributed by atoms with Crippen LogP contribution in [0.1, 0.15) is 26.2 Å². The predicted molar refractivity (Wildman–Crippen MR) is 76.4 cm³/mol. The third-order valence-corrected chi connectivity index (χ3v) is 5.55. The lowest BCUT2D eigenvalue weighted by Crippen LogP contribution is -2.50. The van der Waals surface area contributed by atoms with Gasteiger partial charge in [-0.15, -0.1) is 0 Å². The van der Waals surface area contributed by atoms with Gasteiger partial charge in [0.1, 0.15) is 6.04 Å². The Morgan fingerprint density at radius 2 is 2.05 bits per heavy atom. The van der Waals surface area contributed by atoms with E-state index >= 15 is 0 Å². The van der Waals surface area contributed by atoms with Crippen LogP contribution >= 0.6 is 11.8 Å². The molecule has 0 saturated carbocycles. The van der Waals surface area contributed by atoms with Gasteiger partial charge in [0.05, 0.1) is 0 Å². The molecule has 1 atom stereocenters. The zero-order valence-corrected chi connectivity index (χ0v) is 13.0. The van der Waals surface area contributed by atoms with Crippen molar-refractivity contribution < 1.29 is 18.3 Å². The largest absolute Gasteiger partial charge is 0.480 e. The summed E-state index contributed by atoms with van der Waals surface area (Å²) in [5, 5.41) is 9.05. The molecule has 6 nitrogen and oxygen atoms in total. The van der Waals surface area contributed by atoms with Crippen molar-refractivity contribution in [2.45, 2.75) is 32.2 Å². The van der Waals surface area contributed by atoms with E-state index in [9.17, 15) is 13.2 Å². The van der Waals surface area contributed by atoms with Crippen LogP contribution < -0.4 is 4.72 Å². The van der Waals surface area contributed by atoms with Crippen molar-refractivity contribution in [3.8, 4) is 0 Å².